The summed E-state index contributed by atoms with van der Waals surface area (Å²) in [5.74, 6) is -0.263. The van der Waals surface area contributed by atoms with Crippen molar-refractivity contribution in [1.82, 2.24) is 14.5 Å². The first-order chi connectivity index (χ1) is 12.1. The van der Waals surface area contributed by atoms with Crippen molar-refractivity contribution in [2.24, 2.45) is 7.05 Å². The van der Waals surface area contributed by atoms with Gasteiger partial charge in [0.05, 0.1) is 17.1 Å². The lowest BCUT2D eigenvalue weighted by molar-refractivity contribution is -0.122. The first kappa shape index (κ1) is 17.0. The summed E-state index contributed by atoms with van der Waals surface area (Å²) < 4.78 is 3.00. The molecule has 0 saturated carbocycles. The summed E-state index contributed by atoms with van der Waals surface area (Å²) in [6.45, 7) is -0.0942. The Balaban J connectivity index is 1.83. The van der Waals surface area contributed by atoms with E-state index in [1.165, 1.54) is 9.13 Å². The van der Waals surface area contributed by atoms with Gasteiger partial charge >= 0.3 is 5.69 Å². The smallest absolute Gasteiger partial charge is 0.329 e. The van der Waals surface area contributed by atoms with Gasteiger partial charge in [-0.3, -0.25) is 13.9 Å². The Hall–Kier alpha value is -2.86. The molecule has 2 N–H and O–H groups in total. The van der Waals surface area contributed by atoms with Gasteiger partial charge in [-0.1, -0.05) is 42.5 Å². The fraction of sp³-hybridized carbons (Fsp3) is 0.263. The van der Waals surface area contributed by atoms with Gasteiger partial charge in [0.2, 0.25) is 5.91 Å². The van der Waals surface area contributed by atoms with Crippen LogP contribution in [-0.4, -0.2) is 26.8 Å². The molecule has 0 spiro atoms. The summed E-state index contributed by atoms with van der Waals surface area (Å²) in [5.41, 5.74) is 2.21. The molecule has 0 aliphatic rings. The van der Waals surface area contributed by atoms with Crippen LogP contribution in [0.5, 0.6) is 0 Å². The number of aliphatic hydroxyl groups excluding tert-OH is 1. The third-order valence-corrected chi connectivity index (χ3v) is 4.31. The molecule has 3 aromatic rings. The summed E-state index contributed by atoms with van der Waals surface area (Å²) >= 11 is 0. The van der Waals surface area contributed by atoms with Crippen LogP contribution in [0.25, 0.3) is 11.0 Å². The molecule has 1 atom stereocenters. The van der Waals surface area contributed by atoms with E-state index in [1.807, 2.05) is 54.6 Å². The topological polar surface area (TPSA) is 76.3 Å². The Kier molecular flexibility index (Phi) is 5.00. The number of hydrogen-bond donors (Lipinski definition) is 2. The highest BCUT2D eigenvalue weighted by molar-refractivity contribution is 5.81. The van der Waals surface area contributed by atoms with Crippen LogP contribution in [-0.2, 0) is 18.4 Å². The fourth-order valence-electron chi connectivity index (χ4n) is 3.04. The molecule has 0 radical (unpaired) electrons. The number of fused-ring (bicyclic) bond motifs is 1. The number of aliphatic hydroxyl groups is 1. The van der Waals surface area contributed by atoms with Crippen molar-refractivity contribution in [3.63, 3.8) is 0 Å². The zero-order valence-corrected chi connectivity index (χ0v) is 14.1. The molecule has 130 valence electrons. The summed E-state index contributed by atoms with van der Waals surface area (Å²) in [6.07, 6.45) is 0.417. The van der Waals surface area contributed by atoms with Crippen LogP contribution in [0.2, 0.25) is 0 Å². The van der Waals surface area contributed by atoms with Crippen molar-refractivity contribution in [3.8, 4) is 0 Å². The monoisotopic (exact) mass is 339 g/mol. The molecule has 0 bridgehead atoms. The van der Waals surface area contributed by atoms with E-state index >= 15 is 0 Å². The predicted molar refractivity (Wildman–Crippen MR) is 96.2 cm³/mol. The first-order valence-electron chi connectivity index (χ1n) is 8.21. The molecule has 0 saturated heterocycles. The van der Waals surface area contributed by atoms with Crippen molar-refractivity contribution in [2.75, 3.05) is 6.61 Å². The van der Waals surface area contributed by atoms with Gasteiger partial charge in [-0.2, -0.15) is 0 Å². The maximum absolute atomic E-state index is 12.5. The number of aromatic nitrogens is 2. The number of amides is 1. The number of nitrogens with one attached hydrogen (secondary N) is 1. The maximum Gasteiger partial charge on any atom is 0.329 e. The normalized spacial score (nSPS) is 12.2. The number of hydrogen-bond acceptors (Lipinski definition) is 3. The number of imidazole rings is 1. The molecule has 1 unspecified atom stereocenters. The van der Waals surface area contributed by atoms with Gasteiger partial charge in [-0.05, 0) is 24.1 Å². The van der Waals surface area contributed by atoms with Gasteiger partial charge in [-0.25, -0.2) is 4.79 Å². The highest BCUT2D eigenvalue weighted by atomic mass is 16.3. The average molecular weight is 339 g/mol. The lowest BCUT2D eigenvalue weighted by Crippen LogP contribution is -2.35. The summed E-state index contributed by atoms with van der Waals surface area (Å²) in [6, 6.07) is 16.6. The van der Waals surface area contributed by atoms with Gasteiger partial charge in [0.25, 0.3) is 0 Å². The van der Waals surface area contributed by atoms with E-state index < -0.39 is 0 Å². The number of carbonyl (C=O) groups excluding carboxylic acids is 1. The van der Waals surface area contributed by atoms with E-state index in [2.05, 4.69) is 5.32 Å². The van der Waals surface area contributed by atoms with Crippen LogP contribution in [0.15, 0.2) is 59.4 Å². The molecular formula is C19H21N3O3. The lowest BCUT2D eigenvalue weighted by atomic mass is 10.0. The Morgan fingerprint density at radius 1 is 1.08 bits per heavy atom. The lowest BCUT2D eigenvalue weighted by Gasteiger charge is -2.18. The standard InChI is InChI=1S/C19H21N3O3/c1-21-16-9-5-6-10-17(16)22(19(21)25)13-18(24)20-15(11-12-23)14-7-3-2-4-8-14/h2-10,15,23H,11-13H2,1H3,(H,20,24). The highest BCUT2D eigenvalue weighted by Crippen LogP contribution is 2.16. The molecule has 6 nitrogen and oxygen atoms in total. The van der Waals surface area contributed by atoms with Gasteiger partial charge in [0, 0.05) is 13.7 Å². The number of nitrogens with zero attached hydrogens (tertiary/aromatic N) is 2. The number of rotatable bonds is 6. The van der Waals surface area contributed by atoms with Gasteiger partial charge in [-0.15, -0.1) is 0 Å². The zero-order valence-electron chi connectivity index (χ0n) is 14.1. The molecule has 25 heavy (non-hydrogen) atoms. The van der Waals surface area contributed by atoms with Crippen molar-refractivity contribution < 1.29 is 9.90 Å². The highest BCUT2D eigenvalue weighted by Gasteiger charge is 2.17. The predicted octanol–water partition coefficient (Wildman–Crippen LogP) is 1.58. The Bertz CT molecular complexity index is 928. The second kappa shape index (κ2) is 7.36. The van der Waals surface area contributed by atoms with Crippen molar-refractivity contribution >= 4 is 16.9 Å². The van der Waals surface area contributed by atoms with Crippen LogP contribution in [0.3, 0.4) is 0 Å². The largest absolute Gasteiger partial charge is 0.396 e. The molecule has 0 aliphatic heterocycles. The zero-order chi connectivity index (χ0) is 17.8. The van der Waals surface area contributed by atoms with Crippen molar-refractivity contribution in [1.29, 1.82) is 0 Å². The van der Waals surface area contributed by atoms with Crippen LogP contribution in [0.4, 0.5) is 0 Å². The van der Waals surface area contributed by atoms with Crippen molar-refractivity contribution in [3.05, 3.63) is 70.6 Å². The summed E-state index contributed by atoms with van der Waals surface area (Å²) in [4.78, 5) is 24.9. The van der Waals surface area contributed by atoms with E-state index in [0.29, 0.717) is 6.42 Å². The van der Waals surface area contributed by atoms with Gasteiger partial charge in [0.15, 0.2) is 0 Å². The molecule has 1 aromatic heterocycles. The molecule has 3 rings (SSSR count). The Labute approximate surface area is 145 Å². The number of benzene rings is 2. The van der Waals surface area contributed by atoms with Crippen molar-refractivity contribution in [2.45, 2.75) is 19.0 Å². The van der Waals surface area contributed by atoms with Crippen LogP contribution in [0, 0.1) is 0 Å². The van der Waals surface area contributed by atoms with E-state index in [4.69, 9.17) is 0 Å². The Morgan fingerprint density at radius 2 is 1.72 bits per heavy atom. The van der Waals surface area contributed by atoms with E-state index in [9.17, 15) is 14.7 Å². The van der Waals surface area contributed by atoms with Crippen LogP contribution >= 0.6 is 0 Å². The second-order valence-electron chi connectivity index (χ2n) is 5.96. The summed E-state index contributed by atoms with van der Waals surface area (Å²) in [5, 5.41) is 12.2. The van der Waals surface area contributed by atoms with Gasteiger partial charge in [0.1, 0.15) is 6.54 Å². The second-order valence-corrected chi connectivity index (χ2v) is 5.96. The molecule has 0 aliphatic carbocycles. The van der Waals surface area contributed by atoms with E-state index in [0.717, 1.165) is 16.6 Å². The van der Waals surface area contributed by atoms with Crippen LogP contribution < -0.4 is 11.0 Å². The Morgan fingerprint density at radius 3 is 2.40 bits per heavy atom. The minimum absolute atomic E-state index is 0.0337. The molecule has 0 fully saturated rings. The quantitative estimate of drug-likeness (QED) is 0.716. The number of aryl methyl sites for hydroxylation is 1. The summed E-state index contributed by atoms with van der Waals surface area (Å²) in [7, 11) is 1.69. The van der Waals surface area contributed by atoms with E-state index in [1.54, 1.807) is 7.05 Å². The van der Waals surface area contributed by atoms with E-state index in [-0.39, 0.29) is 30.8 Å². The third-order valence-electron chi connectivity index (χ3n) is 4.31. The average Bonchev–Trinajstić information content (AvgIpc) is 2.87. The molecule has 6 heteroatoms. The molecular weight excluding hydrogens is 318 g/mol. The fourth-order valence-corrected chi connectivity index (χ4v) is 3.04. The number of carbonyl (C=O) groups is 1. The minimum atomic E-state index is -0.288. The molecule has 2 aromatic carbocycles. The molecule has 1 heterocycles. The van der Waals surface area contributed by atoms with Crippen LogP contribution in [0.1, 0.15) is 18.0 Å². The van der Waals surface area contributed by atoms with Gasteiger partial charge < -0.3 is 10.4 Å². The number of para-hydroxylation sites is 2. The maximum atomic E-state index is 12.5. The SMILES string of the molecule is Cn1c(=O)n(CC(=O)NC(CCO)c2ccccc2)c2ccccc21. The third kappa shape index (κ3) is 3.49. The molecule has 1 amide bonds. The first-order valence-corrected chi connectivity index (χ1v) is 8.21. The minimum Gasteiger partial charge on any atom is -0.396 e.